The number of hydrogen-bond acceptors (Lipinski definition) is 2. The van der Waals surface area contributed by atoms with Crippen LogP contribution in [-0.2, 0) is 17.8 Å². The monoisotopic (exact) mass is 226 g/mol. The Morgan fingerprint density at radius 3 is 2.53 bits per heavy atom. The van der Waals surface area contributed by atoms with Gasteiger partial charge in [-0.2, -0.15) is 0 Å². The molecule has 0 aliphatic rings. The van der Waals surface area contributed by atoms with Gasteiger partial charge in [0, 0.05) is 18.4 Å². The molecule has 0 aliphatic carbocycles. The molecule has 3 heteroatoms. The summed E-state index contributed by atoms with van der Waals surface area (Å²) in [6.45, 7) is 0.562. The number of nitrogens with zero attached hydrogens (tertiary/aromatic N) is 1. The predicted octanol–water partition coefficient (Wildman–Crippen LogP) is 1.94. The minimum Gasteiger partial charge on any atom is -0.352 e. The molecule has 1 aromatic heterocycles. The maximum Gasteiger partial charge on any atom is 0.226 e. The van der Waals surface area contributed by atoms with Crippen LogP contribution in [0.15, 0.2) is 54.7 Å². The van der Waals surface area contributed by atoms with Gasteiger partial charge >= 0.3 is 0 Å². The van der Waals surface area contributed by atoms with Gasteiger partial charge in [-0.3, -0.25) is 9.78 Å². The summed E-state index contributed by atoms with van der Waals surface area (Å²) >= 11 is 0. The number of pyridine rings is 1. The van der Waals surface area contributed by atoms with Gasteiger partial charge in [-0.05, 0) is 17.7 Å². The normalized spacial score (nSPS) is 9.88. The van der Waals surface area contributed by atoms with Crippen LogP contribution in [0.4, 0.5) is 0 Å². The molecule has 0 saturated heterocycles. The molecule has 1 aromatic carbocycles. The first-order valence-electron chi connectivity index (χ1n) is 5.55. The second-order valence-corrected chi connectivity index (χ2v) is 3.76. The molecule has 0 atom stereocenters. The third-order valence-electron chi connectivity index (χ3n) is 2.40. The lowest BCUT2D eigenvalue weighted by Gasteiger charge is -2.04. The van der Waals surface area contributed by atoms with E-state index in [4.69, 9.17) is 0 Å². The Bertz CT molecular complexity index is 468. The summed E-state index contributed by atoms with van der Waals surface area (Å²) in [7, 11) is 0. The number of aromatic nitrogens is 1. The predicted molar refractivity (Wildman–Crippen MR) is 66.2 cm³/mol. The van der Waals surface area contributed by atoms with Crippen molar-refractivity contribution in [2.45, 2.75) is 13.0 Å². The first-order chi connectivity index (χ1) is 8.34. The number of hydrogen-bond donors (Lipinski definition) is 1. The number of nitrogens with one attached hydrogen (secondary N) is 1. The third kappa shape index (κ3) is 3.72. The summed E-state index contributed by atoms with van der Waals surface area (Å²) in [6, 6.07) is 15.4. The van der Waals surface area contributed by atoms with E-state index in [-0.39, 0.29) is 5.91 Å². The molecule has 0 spiro atoms. The van der Waals surface area contributed by atoms with Crippen LogP contribution in [0.3, 0.4) is 0 Å². The lowest BCUT2D eigenvalue weighted by molar-refractivity contribution is -0.120. The van der Waals surface area contributed by atoms with E-state index < -0.39 is 0 Å². The van der Waals surface area contributed by atoms with Gasteiger partial charge in [0.1, 0.15) is 0 Å². The number of rotatable bonds is 4. The second-order valence-electron chi connectivity index (χ2n) is 3.76. The molecule has 1 N–H and O–H groups in total. The van der Waals surface area contributed by atoms with Crippen molar-refractivity contribution in [2.75, 3.05) is 0 Å². The summed E-state index contributed by atoms with van der Waals surface area (Å²) in [5.41, 5.74) is 1.89. The maximum atomic E-state index is 11.6. The first-order valence-corrected chi connectivity index (χ1v) is 5.55. The molecule has 2 rings (SSSR count). The molecule has 0 aliphatic heterocycles. The Kier molecular flexibility index (Phi) is 3.86. The molecule has 1 amide bonds. The van der Waals surface area contributed by atoms with Gasteiger partial charge in [-0.1, -0.05) is 36.4 Å². The van der Waals surface area contributed by atoms with Gasteiger partial charge < -0.3 is 5.32 Å². The Morgan fingerprint density at radius 1 is 1.06 bits per heavy atom. The van der Waals surface area contributed by atoms with Gasteiger partial charge in [0.2, 0.25) is 5.91 Å². The molecular weight excluding hydrogens is 212 g/mol. The molecule has 3 nitrogen and oxygen atoms in total. The summed E-state index contributed by atoms with van der Waals surface area (Å²) < 4.78 is 0. The SMILES string of the molecule is O=C(Cc1ccccn1)NCc1ccccc1. The molecule has 17 heavy (non-hydrogen) atoms. The molecule has 0 radical (unpaired) electrons. The van der Waals surface area contributed by atoms with Crippen molar-refractivity contribution in [3.63, 3.8) is 0 Å². The molecule has 0 bridgehead atoms. The summed E-state index contributed by atoms with van der Waals surface area (Å²) in [5.74, 6) is -0.00690. The van der Waals surface area contributed by atoms with E-state index in [2.05, 4.69) is 10.3 Å². The lowest BCUT2D eigenvalue weighted by Crippen LogP contribution is -2.24. The topological polar surface area (TPSA) is 42.0 Å². The van der Waals surface area contributed by atoms with Crippen LogP contribution >= 0.6 is 0 Å². The van der Waals surface area contributed by atoms with Crippen molar-refractivity contribution >= 4 is 5.91 Å². The second kappa shape index (κ2) is 5.80. The zero-order valence-electron chi connectivity index (χ0n) is 9.47. The van der Waals surface area contributed by atoms with Crippen molar-refractivity contribution in [1.82, 2.24) is 10.3 Å². The van der Waals surface area contributed by atoms with Crippen LogP contribution in [0.25, 0.3) is 0 Å². The lowest BCUT2D eigenvalue weighted by atomic mass is 10.2. The van der Waals surface area contributed by atoms with E-state index in [1.165, 1.54) is 0 Å². The average Bonchev–Trinajstić information content (AvgIpc) is 2.39. The van der Waals surface area contributed by atoms with Gasteiger partial charge in [-0.25, -0.2) is 0 Å². The van der Waals surface area contributed by atoms with Gasteiger partial charge in [0.25, 0.3) is 0 Å². The third-order valence-corrected chi connectivity index (χ3v) is 2.40. The van der Waals surface area contributed by atoms with E-state index in [0.29, 0.717) is 13.0 Å². The molecule has 0 fully saturated rings. The molecule has 86 valence electrons. The minimum atomic E-state index is -0.00690. The average molecular weight is 226 g/mol. The van der Waals surface area contributed by atoms with Crippen molar-refractivity contribution in [1.29, 1.82) is 0 Å². The Labute approximate surface area is 101 Å². The largest absolute Gasteiger partial charge is 0.352 e. The highest BCUT2D eigenvalue weighted by atomic mass is 16.1. The van der Waals surface area contributed by atoms with E-state index in [0.717, 1.165) is 11.3 Å². The summed E-state index contributed by atoms with van der Waals surface area (Å²) in [4.78, 5) is 15.7. The van der Waals surface area contributed by atoms with Gasteiger partial charge in [0.05, 0.1) is 6.42 Å². The van der Waals surface area contributed by atoms with E-state index in [1.807, 2.05) is 48.5 Å². The standard InChI is InChI=1S/C14H14N2O/c17-14(10-13-8-4-5-9-15-13)16-11-12-6-2-1-3-7-12/h1-9H,10-11H2,(H,16,17). The fourth-order valence-electron chi connectivity index (χ4n) is 1.53. The highest BCUT2D eigenvalue weighted by molar-refractivity contribution is 5.78. The van der Waals surface area contributed by atoms with Crippen LogP contribution in [0.2, 0.25) is 0 Å². The fraction of sp³-hybridized carbons (Fsp3) is 0.143. The van der Waals surface area contributed by atoms with Crippen LogP contribution in [0.1, 0.15) is 11.3 Å². The minimum absolute atomic E-state index is 0.00690. The highest BCUT2D eigenvalue weighted by Crippen LogP contribution is 1.98. The summed E-state index contributed by atoms with van der Waals surface area (Å²) in [6.07, 6.45) is 2.02. The Hall–Kier alpha value is -2.16. The molecule has 0 saturated carbocycles. The van der Waals surface area contributed by atoms with Crippen LogP contribution in [0.5, 0.6) is 0 Å². The van der Waals surface area contributed by atoms with Crippen molar-refractivity contribution in [3.8, 4) is 0 Å². The zero-order valence-corrected chi connectivity index (χ0v) is 9.47. The number of carbonyl (C=O) groups excluding carboxylic acids is 1. The van der Waals surface area contributed by atoms with Crippen molar-refractivity contribution in [2.24, 2.45) is 0 Å². The van der Waals surface area contributed by atoms with E-state index >= 15 is 0 Å². The van der Waals surface area contributed by atoms with E-state index in [1.54, 1.807) is 6.20 Å². The summed E-state index contributed by atoms with van der Waals surface area (Å²) in [5, 5.41) is 2.87. The smallest absolute Gasteiger partial charge is 0.226 e. The molecule has 2 aromatic rings. The van der Waals surface area contributed by atoms with Crippen molar-refractivity contribution in [3.05, 3.63) is 66.0 Å². The Morgan fingerprint density at radius 2 is 1.82 bits per heavy atom. The molecular formula is C14H14N2O. The first kappa shape index (κ1) is 11.3. The van der Waals surface area contributed by atoms with Gasteiger partial charge in [0.15, 0.2) is 0 Å². The number of carbonyl (C=O) groups is 1. The quantitative estimate of drug-likeness (QED) is 0.865. The maximum absolute atomic E-state index is 11.6. The molecule has 1 heterocycles. The molecule has 0 unspecified atom stereocenters. The van der Waals surface area contributed by atoms with Crippen molar-refractivity contribution < 1.29 is 4.79 Å². The number of amides is 1. The zero-order chi connectivity index (χ0) is 11.9. The number of benzene rings is 1. The van der Waals surface area contributed by atoms with Crippen LogP contribution in [0, 0.1) is 0 Å². The fourth-order valence-corrected chi connectivity index (χ4v) is 1.53. The van der Waals surface area contributed by atoms with Crippen LogP contribution < -0.4 is 5.32 Å². The highest BCUT2D eigenvalue weighted by Gasteiger charge is 2.03. The van der Waals surface area contributed by atoms with Crippen LogP contribution in [-0.4, -0.2) is 10.9 Å². The van der Waals surface area contributed by atoms with Gasteiger partial charge in [-0.15, -0.1) is 0 Å². The Balaban J connectivity index is 1.83. The van der Waals surface area contributed by atoms with E-state index in [9.17, 15) is 4.79 Å².